The zero-order chi connectivity index (χ0) is 19.8. The second-order valence-corrected chi connectivity index (χ2v) is 7.75. The van der Waals surface area contributed by atoms with Gasteiger partial charge in [0.25, 0.3) is 0 Å². The van der Waals surface area contributed by atoms with E-state index in [0.717, 1.165) is 18.8 Å². The van der Waals surface area contributed by atoms with Gasteiger partial charge < -0.3 is 19.1 Å². The van der Waals surface area contributed by atoms with Crippen LogP contribution in [-0.4, -0.2) is 56.8 Å². The molecule has 2 aromatic rings. The van der Waals surface area contributed by atoms with E-state index in [4.69, 9.17) is 21.1 Å². The van der Waals surface area contributed by atoms with E-state index in [1.165, 1.54) is 24.0 Å². The molecule has 0 bridgehead atoms. The van der Waals surface area contributed by atoms with Crippen molar-refractivity contribution >= 4 is 28.9 Å². The SMILES string of the molecule is COC(=O)COc1ccc(C(C)CN(C)CC(OC)c2csc(Cl)n2)cc1. The predicted molar refractivity (Wildman–Crippen MR) is 107 cm³/mol. The molecule has 1 heterocycles. The number of nitrogens with zero attached hydrogens (tertiary/aromatic N) is 2. The van der Waals surface area contributed by atoms with Crippen LogP contribution in [0, 0.1) is 0 Å². The largest absolute Gasteiger partial charge is 0.482 e. The summed E-state index contributed by atoms with van der Waals surface area (Å²) in [6.45, 7) is 3.66. The number of aromatic nitrogens is 1. The van der Waals surface area contributed by atoms with Crippen LogP contribution in [0.5, 0.6) is 5.75 Å². The van der Waals surface area contributed by atoms with Gasteiger partial charge in [0.05, 0.1) is 12.8 Å². The van der Waals surface area contributed by atoms with Crippen LogP contribution >= 0.6 is 22.9 Å². The van der Waals surface area contributed by atoms with E-state index in [1.807, 2.05) is 29.6 Å². The Morgan fingerprint density at radius 2 is 1.96 bits per heavy atom. The Hall–Kier alpha value is -1.67. The third-order valence-corrected chi connectivity index (χ3v) is 5.20. The normalized spacial score (nSPS) is 13.4. The summed E-state index contributed by atoms with van der Waals surface area (Å²) in [5.41, 5.74) is 2.05. The molecule has 6 nitrogen and oxygen atoms in total. The van der Waals surface area contributed by atoms with Gasteiger partial charge in [0, 0.05) is 25.6 Å². The molecule has 1 aromatic carbocycles. The number of ether oxygens (including phenoxy) is 3. The quantitative estimate of drug-likeness (QED) is 0.553. The van der Waals surface area contributed by atoms with Gasteiger partial charge in [0.15, 0.2) is 11.1 Å². The zero-order valence-electron chi connectivity index (χ0n) is 16.0. The average Bonchev–Trinajstić information content (AvgIpc) is 3.10. The minimum absolute atomic E-state index is 0.0901. The van der Waals surface area contributed by atoms with E-state index in [9.17, 15) is 4.79 Å². The number of likely N-dealkylation sites (N-methyl/N-ethyl adjacent to an activating group) is 1. The van der Waals surface area contributed by atoms with Crippen molar-refractivity contribution < 1.29 is 19.0 Å². The van der Waals surface area contributed by atoms with Gasteiger partial charge in [-0.25, -0.2) is 9.78 Å². The number of halogens is 1. The van der Waals surface area contributed by atoms with Gasteiger partial charge in [-0.15, -0.1) is 11.3 Å². The van der Waals surface area contributed by atoms with Gasteiger partial charge in [0.2, 0.25) is 0 Å². The molecule has 2 rings (SSSR count). The number of esters is 1. The number of hydrogen-bond acceptors (Lipinski definition) is 7. The lowest BCUT2D eigenvalue weighted by Gasteiger charge is -2.25. The lowest BCUT2D eigenvalue weighted by molar-refractivity contribution is -0.142. The van der Waals surface area contributed by atoms with E-state index in [2.05, 4.69) is 28.6 Å². The monoisotopic (exact) mass is 412 g/mol. The molecule has 27 heavy (non-hydrogen) atoms. The lowest BCUT2D eigenvalue weighted by Crippen LogP contribution is -2.29. The Balaban J connectivity index is 1.87. The molecule has 2 atom stereocenters. The fourth-order valence-electron chi connectivity index (χ4n) is 2.72. The molecule has 0 aliphatic heterocycles. The Morgan fingerprint density at radius 3 is 2.52 bits per heavy atom. The van der Waals surface area contributed by atoms with E-state index >= 15 is 0 Å². The van der Waals surface area contributed by atoms with Crippen LogP contribution in [0.1, 0.15) is 30.2 Å². The Morgan fingerprint density at radius 1 is 1.26 bits per heavy atom. The van der Waals surface area contributed by atoms with Gasteiger partial charge in [-0.3, -0.25) is 0 Å². The molecule has 1 aromatic heterocycles. The van der Waals surface area contributed by atoms with Crippen molar-refractivity contribution in [3.05, 3.63) is 45.4 Å². The van der Waals surface area contributed by atoms with Crippen molar-refractivity contribution in [3.63, 3.8) is 0 Å². The Kier molecular flexibility index (Phi) is 8.50. The highest BCUT2D eigenvalue weighted by atomic mass is 35.5. The Labute approximate surface area is 169 Å². The van der Waals surface area contributed by atoms with Crippen LogP contribution < -0.4 is 4.74 Å². The molecule has 0 fully saturated rings. The van der Waals surface area contributed by atoms with Gasteiger partial charge in [-0.2, -0.15) is 0 Å². The van der Waals surface area contributed by atoms with Gasteiger partial charge in [-0.05, 0) is 30.7 Å². The zero-order valence-corrected chi connectivity index (χ0v) is 17.5. The first-order valence-corrected chi connectivity index (χ1v) is 9.80. The van der Waals surface area contributed by atoms with Gasteiger partial charge in [0.1, 0.15) is 11.9 Å². The summed E-state index contributed by atoms with van der Waals surface area (Å²) in [5.74, 6) is 0.564. The summed E-state index contributed by atoms with van der Waals surface area (Å²) in [6, 6.07) is 7.76. The van der Waals surface area contributed by atoms with Crippen LogP contribution in [-0.2, 0) is 14.3 Å². The van der Waals surface area contributed by atoms with Gasteiger partial charge in [-0.1, -0.05) is 30.7 Å². The third-order valence-electron chi connectivity index (χ3n) is 4.20. The second-order valence-electron chi connectivity index (χ2n) is 6.31. The Bertz CT molecular complexity index is 723. The molecule has 0 saturated heterocycles. The number of rotatable bonds is 10. The maximum absolute atomic E-state index is 11.1. The molecule has 8 heteroatoms. The molecule has 0 N–H and O–H groups in total. The van der Waals surface area contributed by atoms with Crippen molar-refractivity contribution in [2.75, 3.05) is 41.0 Å². The fourth-order valence-corrected chi connectivity index (χ4v) is 3.54. The lowest BCUT2D eigenvalue weighted by atomic mass is 10.0. The smallest absolute Gasteiger partial charge is 0.343 e. The summed E-state index contributed by atoms with van der Waals surface area (Å²) >= 11 is 7.33. The molecular formula is C19H25ClN2O4S. The highest BCUT2D eigenvalue weighted by molar-refractivity contribution is 7.13. The number of hydrogen-bond donors (Lipinski definition) is 0. The molecule has 0 amide bonds. The number of thiazole rings is 1. The van der Waals surface area contributed by atoms with Crippen LogP contribution in [0.15, 0.2) is 29.6 Å². The first-order valence-electron chi connectivity index (χ1n) is 8.54. The topological polar surface area (TPSA) is 60.9 Å². The number of carbonyl (C=O) groups is 1. The van der Waals surface area contributed by atoms with Crippen molar-refractivity contribution in [1.29, 1.82) is 0 Å². The summed E-state index contributed by atoms with van der Waals surface area (Å²) in [5, 5.41) is 1.93. The van der Waals surface area contributed by atoms with E-state index < -0.39 is 5.97 Å². The number of carbonyl (C=O) groups excluding carboxylic acids is 1. The molecule has 148 valence electrons. The van der Waals surface area contributed by atoms with Crippen molar-refractivity contribution in [3.8, 4) is 5.75 Å². The maximum Gasteiger partial charge on any atom is 0.343 e. The molecule has 0 aliphatic carbocycles. The molecule has 2 unspecified atom stereocenters. The first kappa shape index (κ1) is 21.6. The highest BCUT2D eigenvalue weighted by Crippen LogP contribution is 2.25. The van der Waals surface area contributed by atoms with Crippen LogP contribution in [0.25, 0.3) is 0 Å². The van der Waals surface area contributed by atoms with Gasteiger partial charge >= 0.3 is 5.97 Å². The van der Waals surface area contributed by atoms with E-state index in [-0.39, 0.29) is 12.7 Å². The van der Waals surface area contributed by atoms with Crippen LogP contribution in [0.4, 0.5) is 0 Å². The molecule has 0 aliphatic rings. The molecule has 0 radical (unpaired) electrons. The van der Waals surface area contributed by atoms with Crippen LogP contribution in [0.2, 0.25) is 4.47 Å². The standard InChI is InChI=1S/C19H25ClN2O4S/c1-13(14-5-7-15(8-6-14)26-11-18(23)25-4)9-22(2)10-17(24-3)16-12-27-19(20)21-16/h5-8,12-13,17H,9-11H2,1-4H3. The van der Waals surface area contributed by atoms with Crippen molar-refractivity contribution in [1.82, 2.24) is 9.88 Å². The minimum Gasteiger partial charge on any atom is -0.482 e. The fraction of sp³-hybridized carbons (Fsp3) is 0.474. The average molecular weight is 413 g/mol. The van der Waals surface area contributed by atoms with E-state index in [1.54, 1.807) is 7.11 Å². The predicted octanol–water partition coefficient (Wildman–Crippen LogP) is 3.77. The van der Waals surface area contributed by atoms with Crippen LogP contribution in [0.3, 0.4) is 0 Å². The summed E-state index contributed by atoms with van der Waals surface area (Å²) in [4.78, 5) is 17.6. The van der Waals surface area contributed by atoms with E-state index in [0.29, 0.717) is 16.1 Å². The minimum atomic E-state index is -0.400. The number of methoxy groups -OCH3 is 2. The van der Waals surface area contributed by atoms with Crippen molar-refractivity contribution in [2.24, 2.45) is 0 Å². The van der Waals surface area contributed by atoms with Crippen molar-refractivity contribution in [2.45, 2.75) is 18.9 Å². The molecule has 0 saturated carbocycles. The molecular weight excluding hydrogens is 388 g/mol. The second kappa shape index (κ2) is 10.6. The summed E-state index contributed by atoms with van der Waals surface area (Å²) < 4.78 is 16.0. The summed E-state index contributed by atoms with van der Waals surface area (Å²) in [7, 11) is 5.08. The third kappa shape index (κ3) is 6.77. The first-order chi connectivity index (χ1) is 12.9. The summed E-state index contributed by atoms with van der Waals surface area (Å²) in [6.07, 6.45) is -0.111. The maximum atomic E-state index is 11.1. The number of benzene rings is 1. The highest BCUT2D eigenvalue weighted by Gasteiger charge is 2.18. The molecule has 0 spiro atoms.